The first-order valence-electron chi connectivity index (χ1n) is 3.39. The smallest absolute Gasteiger partial charge is 0.116 e. The molecule has 0 bridgehead atoms. The minimum Gasteiger partial charge on any atom is -0.390 e. The molecule has 0 amide bonds. The lowest BCUT2D eigenvalue weighted by Crippen LogP contribution is -2.13. The second kappa shape index (κ2) is 3.30. The van der Waals surface area contributed by atoms with Gasteiger partial charge in [-0.05, 0) is 13.8 Å². The van der Waals surface area contributed by atoms with Gasteiger partial charge in [0.2, 0.25) is 0 Å². The second-order valence-electron chi connectivity index (χ2n) is 2.49. The highest BCUT2D eigenvalue weighted by Gasteiger charge is 2.17. The van der Waals surface area contributed by atoms with Gasteiger partial charge in [0.25, 0.3) is 0 Å². The van der Waals surface area contributed by atoms with Crippen LogP contribution in [0, 0.1) is 6.92 Å². The summed E-state index contributed by atoms with van der Waals surface area (Å²) in [5.41, 5.74) is 2.46. The molecule has 0 fully saturated rings. The molecule has 0 aliphatic heterocycles. The molecule has 62 valence electrons. The van der Waals surface area contributed by atoms with Crippen LogP contribution in [0.2, 0.25) is 0 Å². The maximum atomic E-state index is 9.39. The zero-order valence-corrected chi connectivity index (χ0v) is 7.30. The fraction of sp³-hybridized carbons (Fsp3) is 0.571. The molecule has 4 heteroatoms. The Kier molecular flexibility index (Phi) is 2.59. The lowest BCUT2D eigenvalue weighted by molar-refractivity contribution is 0.0323. The Morgan fingerprint density at radius 2 is 2.18 bits per heavy atom. The SMILES string of the molecule is Cc1ncsc1C(O)C(C)O. The average Bonchev–Trinajstić information content (AvgIpc) is 2.33. The minimum absolute atomic E-state index is 0.728. The molecule has 0 aliphatic rings. The van der Waals surface area contributed by atoms with Crippen molar-refractivity contribution in [3.05, 3.63) is 16.1 Å². The molecule has 0 aromatic carbocycles. The molecule has 0 saturated heterocycles. The summed E-state index contributed by atoms with van der Waals surface area (Å²) in [5, 5.41) is 18.4. The number of rotatable bonds is 2. The first kappa shape index (κ1) is 8.64. The van der Waals surface area contributed by atoms with Crippen molar-refractivity contribution >= 4 is 11.3 Å². The van der Waals surface area contributed by atoms with E-state index in [4.69, 9.17) is 5.11 Å². The molecule has 1 heterocycles. The lowest BCUT2D eigenvalue weighted by Gasteiger charge is -2.11. The molecule has 2 N–H and O–H groups in total. The van der Waals surface area contributed by atoms with Gasteiger partial charge in [0.15, 0.2) is 0 Å². The third-order valence-electron chi connectivity index (χ3n) is 1.51. The third-order valence-corrected chi connectivity index (χ3v) is 2.51. The molecule has 1 aromatic rings. The van der Waals surface area contributed by atoms with Crippen LogP contribution < -0.4 is 0 Å². The van der Waals surface area contributed by atoms with Gasteiger partial charge in [0.05, 0.1) is 22.2 Å². The molecule has 0 spiro atoms. The number of hydrogen-bond donors (Lipinski definition) is 2. The molecule has 0 radical (unpaired) electrons. The van der Waals surface area contributed by atoms with Crippen molar-refractivity contribution in [3.63, 3.8) is 0 Å². The van der Waals surface area contributed by atoms with Gasteiger partial charge in [0.1, 0.15) is 6.10 Å². The predicted molar refractivity (Wildman–Crippen MR) is 43.5 cm³/mol. The van der Waals surface area contributed by atoms with Gasteiger partial charge >= 0.3 is 0 Å². The summed E-state index contributed by atoms with van der Waals surface area (Å²) < 4.78 is 0. The summed E-state index contributed by atoms with van der Waals surface area (Å²) in [6.45, 7) is 3.38. The van der Waals surface area contributed by atoms with E-state index in [2.05, 4.69) is 4.98 Å². The molecule has 2 atom stereocenters. The summed E-state index contributed by atoms with van der Waals surface area (Å²) in [4.78, 5) is 4.72. The number of aliphatic hydroxyl groups excluding tert-OH is 2. The van der Waals surface area contributed by atoms with Crippen LogP contribution in [0.3, 0.4) is 0 Å². The van der Waals surface area contributed by atoms with Crippen LogP contribution in [0.5, 0.6) is 0 Å². The zero-order valence-electron chi connectivity index (χ0n) is 6.48. The van der Waals surface area contributed by atoms with E-state index in [-0.39, 0.29) is 0 Å². The first-order valence-corrected chi connectivity index (χ1v) is 4.27. The van der Waals surface area contributed by atoms with Gasteiger partial charge < -0.3 is 10.2 Å². The van der Waals surface area contributed by atoms with Crippen LogP contribution in [-0.4, -0.2) is 21.3 Å². The largest absolute Gasteiger partial charge is 0.390 e. The number of aromatic nitrogens is 1. The van der Waals surface area contributed by atoms with Crippen molar-refractivity contribution in [1.29, 1.82) is 0 Å². The Labute approximate surface area is 69.3 Å². The summed E-state index contributed by atoms with van der Waals surface area (Å²) in [5.74, 6) is 0. The molecule has 0 aliphatic carbocycles. The molecule has 1 aromatic heterocycles. The first-order chi connectivity index (χ1) is 5.13. The topological polar surface area (TPSA) is 53.4 Å². The zero-order chi connectivity index (χ0) is 8.43. The van der Waals surface area contributed by atoms with Crippen molar-refractivity contribution in [3.8, 4) is 0 Å². The summed E-state index contributed by atoms with van der Waals surface area (Å²) in [6.07, 6.45) is -1.52. The Bertz CT molecular complexity index is 234. The summed E-state index contributed by atoms with van der Waals surface area (Å²) in [7, 11) is 0. The predicted octanol–water partition coefficient (Wildman–Crippen LogP) is 0.866. The van der Waals surface area contributed by atoms with E-state index in [0.29, 0.717) is 0 Å². The lowest BCUT2D eigenvalue weighted by atomic mass is 10.2. The molecule has 3 nitrogen and oxygen atoms in total. The minimum atomic E-state index is -0.789. The fourth-order valence-corrected chi connectivity index (χ4v) is 1.70. The molecule has 0 saturated carbocycles. The van der Waals surface area contributed by atoms with E-state index in [1.54, 1.807) is 12.4 Å². The highest BCUT2D eigenvalue weighted by Crippen LogP contribution is 2.23. The number of thiazole rings is 1. The molecular formula is C7H11NO2S. The van der Waals surface area contributed by atoms with E-state index < -0.39 is 12.2 Å². The Hall–Kier alpha value is -0.450. The standard InChI is InChI=1S/C7H11NO2S/c1-4-7(11-3-8-4)6(10)5(2)9/h3,5-6,9-10H,1-2H3. The molecule has 1 rings (SSSR count). The number of aliphatic hydroxyl groups is 2. The van der Waals surface area contributed by atoms with Gasteiger partial charge in [-0.15, -0.1) is 11.3 Å². The van der Waals surface area contributed by atoms with E-state index in [1.165, 1.54) is 11.3 Å². The fourth-order valence-electron chi connectivity index (χ4n) is 0.814. The highest BCUT2D eigenvalue weighted by atomic mass is 32.1. The molecule has 2 unspecified atom stereocenters. The molecular weight excluding hydrogens is 162 g/mol. The third kappa shape index (κ3) is 1.77. The second-order valence-corrected chi connectivity index (χ2v) is 3.37. The monoisotopic (exact) mass is 173 g/mol. The quantitative estimate of drug-likeness (QED) is 0.697. The maximum absolute atomic E-state index is 9.39. The van der Waals surface area contributed by atoms with Crippen LogP contribution in [-0.2, 0) is 0 Å². The number of nitrogens with zero attached hydrogens (tertiary/aromatic N) is 1. The van der Waals surface area contributed by atoms with Crippen LogP contribution in [0.1, 0.15) is 23.6 Å². The Morgan fingerprint density at radius 3 is 2.55 bits per heavy atom. The van der Waals surface area contributed by atoms with Crippen LogP contribution in [0.15, 0.2) is 5.51 Å². The number of hydrogen-bond acceptors (Lipinski definition) is 4. The Morgan fingerprint density at radius 1 is 1.55 bits per heavy atom. The van der Waals surface area contributed by atoms with E-state index >= 15 is 0 Å². The van der Waals surface area contributed by atoms with Crippen molar-refractivity contribution in [1.82, 2.24) is 4.98 Å². The van der Waals surface area contributed by atoms with Crippen LogP contribution >= 0.6 is 11.3 Å². The van der Waals surface area contributed by atoms with Crippen LogP contribution in [0.4, 0.5) is 0 Å². The van der Waals surface area contributed by atoms with Crippen molar-refractivity contribution in [2.45, 2.75) is 26.1 Å². The summed E-state index contributed by atoms with van der Waals surface area (Å²) in [6, 6.07) is 0. The molecule has 11 heavy (non-hydrogen) atoms. The van der Waals surface area contributed by atoms with Crippen molar-refractivity contribution in [2.75, 3.05) is 0 Å². The van der Waals surface area contributed by atoms with Crippen LogP contribution in [0.25, 0.3) is 0 Å². The normalized spacial score (nSPS) is 16.4. The van der Waals surface area contributed by atoms with E-state index in [1.807, 2.05) is 6.92 Å². The van der Waals surface area contributed by atoms with Gasteiger partial charge in [0, 0.05) is 0 Å². The van der Waals surface area contributed by atoms with Crippen molar-refractivity contribution in [2.24, 2.45) is 0 Å². The van der Waals surface area contributed by atoms with E-state index in [9.17, 15) is 5.11 Å². The Balaban J connectivity index is 2.84. The maximum Gasteiger partial charge on any atom is 0.116 e. The van der Waals surface area contributed by atoms with Crippen molar-refractivity contribution < 1.29 is 10.2 Å². The van der Waals surface area contributed by atoms with Gasteiger partial charge in [-0.2, -0.15) is 0 Å². The summed E-state index contributed by atoms with van der Waals surface area (Å²) >= 11 is 1.36. The number of aryl methyl sites for hydroxylation is 1. The van der Waals surface area contributed by atoms with E-state index in [0.717, 1.165) is 10.6 Å². The van der Waals surface area contributed by atoms with Gasteiger partial charge in [-0.3, -0.25) is 0 Å². The average molecular weight is 173 g/mol. The highest BCUT2D eigenvalue weighted by molar-refractivity contribution is 7.09. The van der Waals surface area contributed by atoms with Gasteiger partial charge in [-0.1, -0.05) is 0 Å². The van der Waals surface area contributed by atoms with Gasteiger partial charge in [-0.25, -0.2) is 4.98 Å².